The normalized spacial score (nSPS) is 15.6. The predicted octanol–water partition coefficient (Wildman–Crippen LogP) is 3.76. The van der Waals surface area contributed by atoms with Gasteiger partial charge in [0.15, 0.2) is 0 Å². The highest BCUT2D eigenvalue weighted by Crippen LogP contribution is 2.29. The molecule has 0 saturated carbocycles. The molecule has 1 aliphatic carbocycles. The molecule has 0 aromatic heterocycles. The smallest absolute Gasteiger partial charge is 0.338 e. The van der Waals surface area contributed by atoms with Crippen molar-refractivity contribution in [2.75, 3.05) is 13.2 Å². The summed E-state index contributed by atoms with van der Waals surface area (Å²) in [6.07, 6.45) is 5.20. The van der Waals surface area contributed by atoms with Gasteiger partial charge in [0, 0.05) is 0 Å². The van der Waals surface area contributed by atoms with Crippen LogP contribution < -0.4 is 0 Å². The zero-order valence-corrected chi connectivity index (χ0v) is 17.5. The molecule has 2 aromatic rings. The topological polar surface area (TPSA) is 127 Å². The van der Waals surface area contributed by atoms with Crippen LogP contribution in [-0.2, 0) is 22.3 Å². The minimum absolute atomic E-state index is 0.0833. The molecule has 8 nitrogen and oxygen atoms in total. The van der Waals surface area contributed by atoms with Gasteiger partial charge in [-0.05, 0) is 86.1 Å². The number of carbonyl (C=O) groups is 4. The van der Waals surface area contributed by atoms with Crippen molar-refractivity contribution < 1.29 is 38.9 Å². The lowest BCUT2D eigenvalue weighted by atomic mass is 9.85. The third kappa shape index (κ3) is 5.51. The Hall–Kier alpha value is -3.68. The highest BCUT2D eigenvalue weighted by molar-refractivity contribution is 5.96. The number of cyclic esters (lactones) is 2. The number of esters is 2. The number of carboxylic acids is 2. The third-order valence-electron chi connectivity index (χ3n) is 5.36. The summed E-state index contributed by atoms with van der Waals surface area (Å²) in [5, 5.41) is 16.9. The zero-order chi connectivity index (χ0) is 23.1. The molecule has 0 saturated heterocycles. The Morgan fingerprint density at radius 1 is 0.625 bits per heavy atom. The second-order valence-electron chi connectivity index (χ2n) is 7.49. The maximum atomic E-state index is 12.2. The fraction of sp³-hybridized carbons (Fsp3) is 0.333. The fourth-order valence-electron chi connectivity index (χ4n) is 3.69. The molecular formula is C24H24O8. The molecule has 0 amide bonds. The number of rotatable bonds is 2. The van der Waals surface area contributed by atoms with Crippen molar-refractivity contribution in [3.63, 3.8) is 0 Å². The van der Waals surface area contributed by atoms with E-state index in [1.54, 1.807) is 12.1 Å². The SMILES string of the molecule is O=C(O)c1ccc(C(=O)O)cc1.O=C1OCCCCOC(=O)c2ccc1c1c2CCCC1. The van der Waals surface area contributed by atoms with Crippen LogP contribution in [0.3, 0.4) is 0 Å². The van der Waals surface area contributed by atoms with E-state index in [9.17, 15) is 19.2 Å². The van der Waals surface area contributed by atoms with Crippen LogP contribution >= 0.6 is 0 Å². The van der Waals surface area contributed by atoms with E-state index in [4.69, 9.17) is 19.7 Å². The Morgan fingerprint density at radius 2 is 1.00 bits per heavy atom. The van der Waals surface area contributed by atoms with E-state index < -0.39 is 11.9 Å². The minimum Gasteiger partial charge on any atom is -0.478 e. The molecule has 2 bridgehead atoms. The molecule has 1 aliphatic heterocycles. The number of carboxylic acid groups (broad SMARTS) is 2. The first-order valence-electron chi connectivity index (χ1n) is 10.4. The summed E-state index contributed by atoms with van der Waals surface area (Å²) < 4.78 is 10.6. The number of carbonyl (C=O) groups excluding carboxylic acids is 2. The largest absolute Gasteiger partial charge is 0.478 e. The average Bonchev–Trinajstić information content (AvgIpc) is 2.79. The van der Waals surface area contributed by atoms with Gasteiger partial charge in [-0.3, -0.25) is 0 Å². The highest BCUT2D eigenvalue weighted by Gasteiger charge is 2.25. The molecule has 2 aromatic carbocycles. The Morgan fingerprint density at radius 3 is 1.34 bits per heavy atom. The zero-order valence-electron chi connectivity index (χ0n) is 17.5. The molecule has 1 heterocycles. The van der Waals surface area contributed by atoms with Gasteiger partial charge in [0.2, 0.25) is 0 Å². The molecule has 168 valence electrons. The molecule has 0 fully saturated rings. The average molecular weight is 440 g/mol. The first-order valence-corrected chi connectivity index (χ1v) is 10.4. The second-order valence-corrected chi connectivity index (χ2v) is 7.49. The molecule has 2 aliphatic rings. The van der Waals surface area contributed by atoms with E-state index in [0.29, 0.717) is 24.3 Å². The van der Waals surface area contributed by atoms with Crippen LogP contribution in [0.5, 0.6) is 0 Å². The van der Waals surface area contributed by atoms with Crippen molar-refractivity contribution in [2.24, 2.45) is 0 Å². The van der Waals surface area contributed by atoms with E-state index in [2.05, 4.69) is 0 Å². The molecule has 0 radical (unpaired) electrons. The molecular weight excluding hydrogens is 416 g/mol. The van der Waals surface area contributed by atoms with E-state index in [1.165, 1.54) is 24.3 Å². The van der Waals surface area contributed by atoms with Crippen LogP contribution in [0.2, 0.25) is 0 Å². The molecule has 0 unspecified atom stereocenters. The van der Waals surface area contributed by atoms with Crippen LogP contribution in [0.4, 0.5) is 0 Å². The van der Waals surface area contributed by atoms with Gasteiger partial charge >= 0.3 is 23.9 Å². The number of ether oxygens (including phenoxy) is 2. The van der Waals surface area contributed by atoms with Crippen LogP contribution in [0.15, 0.2) is 36.4 Å². The molecule has 32 heavy (non-hydrogen) atoms. The molecule has 8 heteroatoms. The first-order chi connectivity index (χ1) is 15.4. The summed E-state index contributed by atoms with van der Waals surface area (Å²) in [4.78, 5) is 45.0. The van der Waals surface area contributed by atoms with Gasteiger partial charge in [0.05, 0.1) is 35.5 Å². The van der Waals surface area contributed by atoms with Crippen molar-refractivity contribution >= 4 is 23.9 Å². The Labute approximate surface area is 184 Å². The highest BCUT2D eigenvalue weighted by atomic mass is 16.5. The van der Waals surface area contributed by atoms with Gasteiger partial charge in [0.1, 0.15) is 0 Å². The van der Waals surface area contributed by atoms with Crippen molar-refractivity contribution in [3.8, 4) is 0 Å². The van der Waals surface area contributed by atoms with E-state index in [0.717, 1.165) is 49.7 Å². The van der Waals surface area contributed by atoms with E-state index in [1.807, 2.05) is 0 Å². The number of benzene rings is 2. The van der Waals surface area contributed by atoms with Crippen LogP contribution in [-0.4, -0.2) is 47.3 Å². The van der Waals surface area contributed by atoms with Crippen molar-refractivity contribution in [1.82, 2.24) is 0 Å². The fourth-order valence-corrected chi connectivity index (χ4v) is 3.69. The van der Waals surface area contributed by atoms with Gasteiger partial charge in [0.25, 0.3) is 0 Å². The quantitative estimate of drug-likeness (QED) is 0.676. The summed E-state index contributed by atoms with van der Waals surface area (Å²) >= 11 is 0. The van der Waals surface area contributed by atoms with Crippen LogP contribution in [0, 0.1) is 0 Å². The van der Waals surface area contributed by atoms with Crippen LogP contribution in [0.25, 0.3) is 0 Å². The summed E-state index contributed by atoms with van der Waals surface area (Å²) in [5.74, 6) is -2.65. The number of fused-ring (bicyclic) bond motifs is 6. The van der Waals surface area contributed by atoms with Crippen molar-refractivity contribution in [1.29, 1.82) is 0 Å². The lowest BCUT2D eigenvalue weighted by Crippen LogP contribution is -2.19. The van der Waals surface area contributed by atoms with Crippen molar-refractivity contribution in [2.45, 2.75) is 38.5 Å². The summed E-state index contributed by atoms with van der Waals surface area (Å²) in [6, 6.07) is 8.45. The van der Waals surface area contributed by atoms with Gasteiger partial charge < -0.3 is 19.7 Å². The molecule has 2 N–H and O–H groups in total. The lowest BCUT2D eigenvalue weighted by Gasteiger charge is -2.22. The lowest BCUT2D eigenvalue weighted by molar-refractivity contribution is 0.0424. The van der Waals surface area contributed by atoms with Gasteiger partial charge in [-0.2, -0.15) is 0 Å². The Kier molecular flexibility index (Phi) is 7.59. The van der Waals surface area contributed by atoms with Gasteiger partial charge in [-0.1, -0.05) is 0 Å². The maximum absolute atomic E-state index is 12.2. The van der Waals surface area contributed by atoms with Crippen LogP contribution in [0.1, 0.15) is 78.2 Å². The Balaban J connectivity index is 0.000000207. The molecule has 4 rings (SSSR count). The molecule has 0 atom stereocenters. The molecule has 0 spiro atoms. The standard InChI is InChI=1S/C16H18O4.C8H6O4/c17-15-13-7-8-14(12-6-2-1-5-11(12)13)16(18)20-10-4-3-9-19-15;9-7(10)5-1-2-6(4-3-5)8(11)12/h7-8H,1-6,9-10H2;1-4H,(H,9,10)(H,11,12). The second kappa shape index (κ2) is 10.6. The number of aromatic carboxylic acids is 2. The maximum Gasteiger partial charge on any atom is 0.338 e. The summed E-state index contributed by atoms with van der Waals surface area (Å²) in [5.41, 5.74) is 3.38. The predicted molar refractivity (Wildman–Crippen MR) is 113 cm³/mol. The monoisotopic (exact) mass is 440 g/mol. The first kappa shape index (κ1) is 23.0. The van der Waals surface area contributed by atoms with E-state index in [-0.39, 0.29) is 23.1 Å². The van der Waals surface area contributed by atoms with E-state index >= 15 is 0 Å². The van der Waals surface area contributed by atoms with Gasteiger partial charge in [-0.25, -0.2) is 19.2 Å². The Bertz CT molecular complexity index is 941. The van der Waals surface area contributed by atoms with Gasteiger partial charge in [-0.15, -0.1) is 0 Å². The number of hydrogen-bond donors (Lipinski definition) is 2. The van der Waals surface area contributed by atoms with Crippen molar-refractivity contribution in [3.05, 3.63) is 69.8 Å². The number of hydrogen-bond acceptors (Lipinski definition) is 6. The third-order valence-corrected chi connectivity index (χ3v) is 5.36. The summed E-state index contributed by atoms with van der Waals surface area (Å²) in [6.45, 7) is 0.764. The summed E-state index contributed by atoms with van der Waals surface area (Å²) in [7, 11) is 0. The minimum atomic E-state index is -1.06.